The quantitative estimate of drug-likeness (QED) is 0.105. The van der Waals surface area contributed by atoms with E-state index in [1.807, 2.05) is 97.9 Å². The summed E-state index contributed by atoms with van der Waals surface area (Å²) in [5.74, 6) is -1.60. The summed E-state index contributed by atoms with van der Waals surface area (Å²) < 4.78 is 69.1. The van der Waals surface area contributed by atoms with E-state index in [9.17, 15) is 14.4 Å². The van der Waals surface area contributed by atoms with Crippen LogP contribution in [0.1, 0.15) is 57.2 Å². The molecule has 0 aromatic heterocycles. The summed E-state index contributed by atoms with van der Waals surface area (Å²) in [5.41, 5.74) is 2.83. The number of rotatable bonds is 20. The van der Waals surface area contributed by atoms with Crippen molar-refractivity contribution in [3.05, 3.63) is 108 Å². The molecule has 1 saturated carbocycles. The van der Waals surface area contributed by atoms with Crippen LogP contribution in [0.2, 0.25) is 0 Å². The third-order valence-corrected chi connectivity index (χ3v) is 10.4. The smallest absolute Gasteiger partial charge is 0.303 e. The van der Waals surface area contributed by atoms with Crippen LogP contribution in [0.25, 0.3) is 0 Å². The number of carbonyl (C=O) groups excluding carboxylic acids is 3. The summed E-state index contributed by atoms with van der Waals surface area (Å²) >= 11 is 0. The zero-order chi connectivity index (χ0) is 41.7. The predicted molar refractivity (Wildman–Crippen MR) is 210 cm³/mol. The number of esters is 3. The largest absolute Gasteiger partial charge is 0.463 e. The molecule has 320 valence electrons. The van der Waals surface area contributed by atoms with Crippen molar-refractivity contribution < 1.29 is 66.5 Å². The van der Waals surface area contributed by atoms with Crippen molar-refractivity contribution in [3.63, 3.8) is 0 Å². The van der Waals surface area contributed by atoms with Crippen molar-refractivity contribution in [2.75, 3.05) is 20.3 Å². The lowest BCUT2D eigenvalue weighted by Crippen LogP contribution is -2.64. The van der Waals surface area contributed by atoms with Crippen LogP contribution in [0.5, 0.6) is 0 Å². The minimum Gasteiger partial charge on any atom is -0.463 e. The average Bonchev–Trinajstić information content (AvgIpc) is 4.09. The molecule has 3 aromatic carbocycles. The fourth-order valence-electron chi connectivity index (χ4n) is 7.33. The van der Waals surface area contributed by atoms with Gasteiger partial charge >= 0.3 is 17.9 Å². The summed E-state index contributed by atoms with van der Waals surface area (Å²) in [5, 5.41) is 0. The van der Waals surface area contributed by atoms with Crippen LogP contribution in [0.3, 0.4) is 0 Å². The van der Waals surface area contributed by atoms with Gasteiger partial charge in [-0.15, -0.1) is 0 Å². The molecule has 0 radical (unpaired) electrons. The van der Waals surface area contributed by atoms with Crippen molar-refractivity contribution in [1.82, 2.24) is 0 Å². The van der Waals surface area contributed by atoms with Crippen LogP contribution in [0.4, 0.5) is 0 Å². The molecule has 3 aromatic rings. The third kappa shape index (κ3) is 12.9. The Morgan fingerprint density at radius 2 is 1.03 bits per heavy atom. The molecule has 0 bridgehead atoms. The fourth-order valence-corrected chi connectivity index (χ4v) is 7.33. The second kappa shape index (κ2) is 21.8. The van der Waals surface area contributed by atoms with Gasteiger partial charge in [-0.25, -0.2) is 0 Å². The zero-order valence-electron chi connectivity index (χ0n) is 34.3. The molecule has 6 rings (SSSR count). The Bertz CT molecular complexity index is 1740. The van der Waals surface area contributed by atoms with Crippen LogP contribution in [-0.4, -0.2) is 106 Å². The first-order chi connectivity index (χ1) is 28.6. The molecule has 14 heteroatoms. The first-order valence-electron chi connectivity index (χ1n) is 20.1. The lowest BCUT2D eigenvalue weighted by Gasteiger charge is -2.47. The number of methoxy groups -OCH3 is 1. The molecule has 2 saturated heterocycles. The number of carbonyl (C=O) groups is 3. The summed E-state index contributed by atoms with van der Waals surface area (Å²) in [7, 11) is 1.53. The van der Waals surface area contributed by atoms with Gasteiger partial charge in [0.25, 0.3) is 0 Å². The van der Waals surface area contributed by atoms with Crippen molar-refractivity contribution in [1.29, 1.82) is 0 Å². The molecule has 0 spiro atoms. The van der Waals surface area contributed by atoms with Gasteiger partial charge in [0.15, 0.2) is 24.8 Å². The van der Waals surface area contributed by atoms with E-state index in [1.54, 1.807) is 0 Å². The summed E-state index contributed by atoms with van der Waals surface area (Å²) in [6, 6.07) is 29.3. The van der Waals surface area contributed by atoms with Crippen LogP contribution in [0.15, 0.2) is 91.0 Å². The second-order valence-corrected chi connectivity index (χ2v) is 15.0. The predicted octanol–water partition coefficient (Wildman–Crippen LogP) is 5.47. The van der Waals surface area contributed by atoms with Gasteiger partial charge in [-0.2, -0.15) is 0 Å². The first-order valence-corrected chi connectivity index (χ1v) is 20.1. The highest BCUT2D eigenvalue weighted by molar-refractivity contribution is 5.68. The lowest BCUT2D eigenvalue weighted by atomic mass is 9.96. The molecule has 14 nitrogen and oxygen atoms in total. The van der Waals surface area contributed by atoms with E-state index < -0.39 is 79.3 Å². The van der Waals surface area contributed by atoms with Gasteiger partial charge in [0, 0.05) is 27.9 Å². The zero-order valence-corrected chi connectivity index (χ0v) is 34.3. The number of ether oxygens (including phenoxy) is 11. The Morgan fingerprint density at radius 1 is 0.559 bits per heavy atom. The van der Waals surface area contributed by atoms with E-state index >= 15 is 0 Å². The molecule has 0 N–H and O–H groups in total. The van der Waals surface area contributed by atoms with E-state index in [-0.39, 0.29) is 45.1 Å². The molecule has 1 unspecified atom stereocenters. The average molecular weight is 821 g/mol. The lowest BCUT2D eigenvalue weighted by molar-refractivity contribution is -0.347. The summed E-state index contributed by atoms with van der Waals surface area (Å²) in [4.78, 5) is 37.0. The fraction of sp³-hybridized carbons (Fsp3) is 0.533. The van der Waals surface area contributed by atoms with E-state index in [1.165, 1.54) is 27.9 Å². The SMILES string of the molecule is CO[C@H]1O[C@H](CO[C@H]2O[C@H](COC(C)=O)[C@@H](OC(C)=O)[C@H](OC(C)=O)[C@H]2OC(C)C2CC2)[C@@H](OCc2ccccc2)[C@H](OCc2ccccc2)[C@@H]1OCc1ccccc1. The maximum Gasteiger partial charge on any atom is 0.303 e. The topological polar surface area (TPSA) is 153 Å². The van der Waals surface area contributed by atoms with Crippen LogP contribution in [0, 0.1) is 5.92 Å². The van der Waals surface area contributed by atoms with Crippen molar-refractivity contribution in [2.45, 2.75) is 128 Å². The Labute approximate surface area is 345 Å². The van der Waals surface area contributed by atoms with Gasteiger partial charge in [-0.05, 0) is 42.4 Å². The number of hydrogen-bond acceptors (Lipinski definition) is 14. The summed E-state index contributed by atoms with van der Waals surface area (Å²) in [6.07, 6.45) is -8.10. The standard InChI is InChI=1S/C45H56O14/c1-28(35-21-22-35)55-43-41(57-31(4)48)39(56-30(3)47)37(26-50-29(2)46)59-45(43)54-27-36-38(51-23-32-15-9-6-10-16-32)40(52-24-33-17-11-7-12-18-33)42(44(49-5)58-36)53-25-34-19-13-8-14-20-34/h6-20,28,35-45H,21-27H2,1-5H3/t28?,36-,37-,38-,39-,40+,41+,42+,43-,44+,45+/m1/s1. The Hall–Kier alpha value is -4.25. The van der Waals surface area contributed by atoms with E-state index in [2.05, 4.69) is 0 Å². The van der Waals surface area contributed by atoms with E-state index in [0.29, 0.717) is 0 Å². The second-order valence-electron chi connectivity index (χ2n) is 15.0. The molecule has 3 fully saturated rings. The number of hydrogen-bond donors (Lipinski definition) is 0. The highest BCUT2D eigenvalue weighted by atomic mass is 16.8. The highest BCUT2D eigenvalue weighted by Gasteiger charge is 2.54. The van der Waals surface area contributed by atoms with Gasteiger partial charge in [0.05, 0.1) is 32.5 Å². The molecule has 11 atom stereocenters. The summed E-state index contributed by atoms with van der Waals surface area (Å²) in [6.45, 7) is 5.90. The van der Waals surface area contributed by atoms with Crippen LogP contribution < -0.4 is 0 Å². The molecule has 59 heavy (non-hydrogen) atoms. The van der Waals surface area contributed by atoms with Gasteiger partial charge < -0.3 is 52.1 Å². The normalized spacial score (nSPS) is 28.6. The Kier molecular flexibility index (Phi) is 16.4. The van der Waals surface area contributed by atoms with Gasteiger partial charge in [-0.3, -0.25) is 14.4 Å². The van der Waals surface area contributed by atoms with E-state index in [4.69, 9.17) is 52.1 Å². The maximum absolute atomic E-state index is 12.6. The molecular formula is C45H56O14. The van der Waals surface area contributed by atoms with Crippen molar-refractivity contribution in [3.8, 4) is 0 Å². The van der Waals surface area contributed by atoms with Crippen LogP contribution >= 0.6 is 0 Å². The minimum absolute atomic E-state index is 0.149. The van der Waals surface area contributed by atoms with Crippen molar-refractivity contribution in [2.24, 2.45) is 5.92 Å². The third-order valence-electron chi connectivity index (χ3n) is 10.4. The monoisotopic (exact) mass is 820 g/mol. The number of benzene rings is 3. The minimum atomic E-state index is -1.22. The van der Waals surface area contributed by atoms with Gasteiger partial charge in [-0.1, -0.05) is 91.0 Å². The molecular weight excluding hydrogens is 764 g/mol. The van der Waals surface area contributed by atoms with Crippen molar-refractivity contribution >= 4 is 17.9 Å². The molecule has 0 amide bonds. The van der Waals surface area contributed by atoms with Crippen LogP contribution in [-0.2, 0) is 86.3 Å². The molecule has 1 aliphatic carbocycles. The maximum atomic E-state index is 12.6. The first kappa shape index (κ1) is 44.3. The Morgan fingerprint density at radius 3 is 1.53 bits per heavy atom. The van der Waals surface area contributed by atoms with E-state index in [0.717, 1.165) is 29.5 Å². The van der Waals surface area contributed by atoms with Gasteiger partial charge in [0.2, 0.25) is 0 Å². The molecule has 2 aliphatic heterocycles. The Balaban J connectivity index is 1.32. The molecule has 3 aliphatic rings. The molecule has 2 heterocycles. The van der Waals surface area contributed by atoms with Gasteiger partial charge in [0.1, 0.15) is 43.2 Å². The highest BCUT2D eigenvalue weighted by Crippen LogP contribution is 2.38.